The number of benzene rings is 2. The Morgan fingerprint density at radius 2 is 1.79 bits per heavy atom. The summed E-state index contributed by atoms with van der Waals surface area (Å²) in [6.07, 6.45) is 0.0471. The smallest absolute Gasteiger partial charge is 0.269 e. The van der Waals surface area contributed by atoms with Crippen molar-refractivity contribution in [3.63, 3.8) is 0 Å². The second-order valence-electron chi connectivity index (χ2n) is 6.28. The van der Waals surface area contributed by atoms with Crippen LogP contribution in [0, 0.1) is 11.7 Å². The van der Waals surface area contributed by atoms with E-state index in [9.17, 15) is 18.8 Å². The van der Waals surface area contributed by atoms with Gasteiger partial charge in [0.15, 0.2) is 0 Å². The molecular weight excluding hydrogens is 365 g/mol. The Bertz CT molecular complexity index is 868. The highest BCUT2D eigenvalue weighted by molar-refractivity contribution is 6.01. The molecule has 0 radical (unpaired) electrons. The van der Waals surface area contributed by atoms with E-state index < -0.39 is 23.5 Å². The SMILES string of the molecule is CCOc1ccc(N2C[C@H](C(=O)NNC(=O)c3ccc(F)cc3)CC2=O)cc1. The predicted octanol–water partition coefficient (Wildman–Crippen LogP) is 2.04. The molecule has 28 heavy (non-hydrogen) atoms. The maximum Gasteiger partial charge on any atom is 0.269 e. The molecule has 2 aromatic rings. The maximum absolute atomic E-state index is 12.9. The quantitative estimate of drug-likeness (QED) is 0.771. The zero-order chi connectivity index (χ0) is 20.1. The van der Waals surface area contributed by atoms with Crippen molar-refractivity contribution < 1.29 is 23.5 Å². The molecule has 0 aromatic heterocycles. The van der Waals surface area contributed by atoms with Gasteiger partial charge in [-0.3, -0.25) is 25.2 Å². The van der Waals surface area contributed by atoms with Crippen LogP contribution < -0.4 is 20.5 Å². The predicted molar refractivity (Wildman–Crippen MR) is 100 cm³/mol. The van der Waals surface area contributed by atoms with E-state index in [2.05, 4.69) is 10.9 Å². The minimum atomic E-state index is -0.590. The van der Waals surface area contributed by atoms with Gasteiger partial charge in [-0.15, -0.1) is 0 Å². The number of carbonyl (C=O) groups is 3. The molecule has 2 N–H and O–H groups in total. The van der Waals surface area contributed by atoms with Crippen LogP contribution in [0.3, 0.4) is 0 Å². The summed E-state index contributed by atoms with van der Waals surface area (Å²) in [5.74, 6) is -1.55. The number of hydrazine groups is 1. The lowest BCUT2D eigenvalue weighted by Gasteiger charge is -2.17. The summed E-state index contributed by atoms with van der Waals surface area (Å²) in [6, 6.07) is 12.0. The fourth-order valence-corrected chi connectivity index (χ4v) is 2.92. The van der Waals surface area contributed by atoms with Crippen LogP contribution in [0.25, 0.3) is 0 Å². The number of amides is 3. The average molecular weight is 385 g/mol. The van der Waals surface area contributed by atoms with Crippen LogP contribution in [0.4, 0.5) is 10.1 Å². The summed E-state index contributed by atoms with van der Waals surface area (Å²) in [5.41, 5.74) is 5.49. The average Bonchev–Trinajstić information content (AvgIpc) is 3.09. The summed E-state index contributed by atoms with van der Waals surface area (Å²) in [5, 5.41) is 0. The number of ether oxygens (including phenoxy) is 1. The molecule has 0 bridgehead atoms. The summed E-state index contributed by atoms with van der Waals surface area (Å²) in [4.78, 5) is 38.1. The zero-order valence-electron chi connectivity index (χ0n) is 15.3. The molecule has 0 unspecified atom stereocenters. The van der Waals surface area contributed by atoms with E-state index in [1.807, 2.05) is 6.92 Å². The van der Waals surface area contributed by atoms with Gasteiger partial charge >= 0.3 is 0 Å². The van der Waals surface area contributed by atoms with Gasteiger partial charge in [-0.2, -0.15) is 0 Å². The van der Waals surface area contributed by atoms with Gasteiger partial charge in [0.05, 0.1) is 12.5 Å². The first kappa shape index (κ1) is 19.3. The Kier molecular flexibility index (Phi) is 5.88. The fraction of sp³-hybridized carbons (Fsp3) is 0.250. The normalized spacial score (nSPS) is 16.0. The topological polar surface area (TPSA) is 87.7 Å². The highest BCUT2D eigenvalue weighted by Crippen LogP contribution is 2.26. The minimum absolute atomic E-state index is 0.0471. The van der Waals surface area contributed by atoms with Crippen LogP contribution in [-0.2, 0) is 9.59 Å². The number of rotatable bonds is 5. The summed E-state index contributed by atoms with van der Waals surface area (Å²) < 4.78 is 18.3. The third-order valence-corrected chi connectivity index (χ3v) is 4.36. The van der Waals surface area contributed by atoms with Crippen molar-refractivity contribution in [1.29, 1.82) is 0 Å². The van der Waals surface area contributed by atoms with Gasteiger partial charge < -0.3 is 9.64 Å². The molecule has 7 nitrogen and oxygen atoms in total. The Labute approximate surface area is 161 Å². The Balaban J connectivity index is 1.56. The van der Waals surface area contributed by atoms with Crippen LogP contribution in [0.2, 0.25) is 0 Å². The number of nitrogens with one attached hydrogen (secondary N) is 2. The zero-order valence-corrected chi connectivity index (χ0v) is 15.3. The van der Waals surface area contributed by atoms with Gasteiger partial charge in [0.2, 0.25) is 11.8 Å². The van der Waals surface area contributed by atoms with Crippen LogP contribution in [0.5, 0.6) is 5.75 Å². The summed E-state index contributed by atoms with van der Waals surface area (Å²) in [6.45, 7) is 2.65. The van der Waals surface area contributed by atoms with Crippen LogP contribution in [0.1, 0.15) is 23.7 Å². The third kappa shape index (κ3) is 4.46. The van der Waals surface area contributed by atoms with E-state index in [1.165, 1.54) is 17.0 Å². The lowest BCUT2D eigenvalue weighted by molar-refractivity contribution is -0.126. The minimum Gasteiger partial charge on any atom is -0.494 e. The first-order valence-electron chi connectivity index (χ1n) is 8.87. The highest BCUT2D eigenvalue weighted by atomic mass is 19.1. The van der Waals surface area contributed by atoms with E-state index in [0.717, 1.165) is 12.1 Å². The Morgan fingerprint density at radius 1 is 1.11 bits per heavy atom. The van der Waals surface area contributed by atoms with Gasteiger partial charge in [-0.25, -0.2) is 4.39 Å². The number of hydrogen-bond donors (Lipinski definition) is 2. The van der Waals surface area contributed by atoms with Crippen molar-refractivity contribution in [3.05, 3.63) is 59.9 Å². The second-order valence-corrected chi connectivity index (χ2v) is 6.28. The fourth-order valence-electron chi connectivity index (χ4n) is 2.92. The van der Waals surface area contributed by atoms with Crippen LogP contribution in [-0.4, -0.2) is 30.9 Å². The Hall–Kier alpha value is -3.42. The van der Waals surface area contributed by atoms with Crippen LogP contribution >= 0.6 is 0 Å². The summed E-state index contributed by atoms with van der Waals surface area (Å²) >= 11 is 0. The van der Waals surface area contributed by atoms with Gasteiger partial charge in [-0.1, -0.05) is 0 Å². The molecular formula is C20H20FN3O4. The lowest BCUT2D eigenvalue weighted by atomic mass is 10.1. The molecule has 3 rings (SSSR count). The molecule has 146 valence electrons. The second kappa shape index (κ2) is 8.51. The standard InChI is InChI=1S/C20H20FN3O4/c1-2-28-17-9-7-16(8-10-17)24-12-14(11-18(24)25)20(27)23-22-19(26)13-3-5-15(21)6-4-13/h3-10,14H,2,11-12H2,1H3,(H,22,26)(H,23,27)/t14-/m1/s1. The number of hydrogen-bond acceptors (Lipinski definition) is 4. The van der Waals surface area contributed by atoms with Crippen molar-refractivity contribution in [2.75, 3.05) is 18.1 Å². The molecule has 0 spiro atoms. The van der Waals surface area contributed by atoms with Gasteiger partial charge in [0.25, 0.3) is 5.91 Å². The molecule has 1 atom stereocenters. The molecule has 8 heteroatoms. The summed E-state index contributed by atoms with van der Waals surface area (Å²) in [7, 11) is 0. The number of anilines is 1. The first-order chi connectivity index (χ1) is 13.5. The van der Waals surface area contributed by atoms with Gasteiger partial charge in [-0.05, 0) is 55.5 Å². The molecule has 0 saturated carbocycles. The highest BCUT2D eigenvalue weighted by Gasteiger charge is 2.35. The number of carbonyl (C=O) groups excluding carboxylic acids is 3. The van der Waals surface area contributed by atoms with E-state index >= 15 is 0 Å². The number of halogens is 1. The number of nitrogens with zero attached hydrogens (tertiary/aromatic N) is 1. The lowest BCUT2D eigenvalue weighted by Crippen LogP contribution is -2.45. The molecule has 1 aliphatic rings. The van der Waals surface area contributed by atoms with Crippen molar-refractivity contribution in [2.45, 2.75) is 13.3 Å². The van der Waals surface area contributed by atoms with Crippen molar-refractivity contribution in [3.8, 4) is 5.75 Å². The van der Waals surface area contributed by atoms with E-state index in [4.69, 9.17) is 4.74 Å². The van der Waals surface area contributed by atoms with E-state index in [0.29, 0.717) is 18.0 Å². The van der Waals surface area contributed by atoms with Gasteiger partial charge in [0.1, 0.15) is 11.6 Å². The van der Waals surface area contributed by atoms with E-state index in [-0.39, 0.29) is 24.4 Å². The Morgan fingerprint density at radius 3 is 2.43 bits per heavy atom. The van der Waals surface area contributed by atoms with Gasteiger partial charge in [0, 0.05) is 24.2 Å². The molecule has 2 aromatic carbocycles. The van der Waals surface area contributed by atoms with Crippen molar-refractivity contribution in [2.24, 2.45) is 5.92 Å². The monoisotopic (exact) mass is 385 g/mol. The van der Waals surface area contributed by atoms with E-state index in [1.54, 1.807) is 24.3 Å². The van der Waals surface area contributed by atoms with Crippen molar-refractivity contribution in [1.82, 2.24) is 10.9 Å². The molecule has 1 heterocycles. The maximum atomic E-state index is 12.9. The van der Waals surface area contributed by atoms with Crippen molar-refractivity contribution >= 4 is 23.4 Å². The molecule has 3 amide bonds. The first-order valence-corrected chi connectivity index (χ1v) is 8.87. The van der Waals surface area contributed by atoms with Crippen LogP contribution in [0.15, 0.2) is 48.5 Å². The molecule has 1 saturated heterocycles. The third-order valence-electron chi connectivity index (χ3n) is 4.36. The molecule has 1 fully saturated rings. The molecule has 0 aliphatic carbocycles. The largest absolute Gasteiger partial charge is 0.494 e. The molecule has 1 aliphatic heterocycles.